The Labute approximate surface area is 211 Å². The lowest BCUT2D eigenvalue weighted by molar-refractivity contribution is -0.133. The Kier molecular flexibility index (Phi) is 5.73. The zero-order valence-corrected chi connectivity index (χ0v) is 20.1. The molecule has 0 spiro atoms. The standard InChI is InChI=1S/C27H26FN5O4/c28-21-6-5-15(10-23-18-3-1-2-4-19(18)25(35)31-30-23)9-20(21)26(36)32-11-16-13-33(14-17(16)12-32)27(37)22-7-8-24(34)29-22/h1-6,9,16-17,22H,7-8,10-14H2,(H,29,34)(H,31,35). The fourth-order valence-electron chi connectivity index (χ4n) is 5.87. The molecule has 1 aromatic heterocycles. The Morgan fingerprint density at radius 2 is 1.68 bits per heavy atom. The highest BCUT2D eigenvalue weighted by Gasteiger charge is 2.45. The van der Waals surface area contributed by atoms with Gasteiger partial charge in [-0.2, -0.15) is 5.10 Å². The van der Waals surface area contributed by atoms with Gasteiger partial charge in [0.25, 0.3) is 11.5 Å². The second kappa shape index (κ2) is 9.10. The van der Waals surface area contributed by atoms with Gasteiger partial charge in [0.15, 0.2) is 0 Å². The highest BCUT2D eigenvalue weighted by atomic mass is 19.1. The third kappa shape index (κ3) is 4.26. The van der Waals surface area contributed by atoms with Crippen LogP contribution in [0.2, 0.25) is 0 Å². The van der Waals surface area contributed by atoms with Gasteiger partial charge in [-0.3, -0.25) is 19.2 Å². The van der Waals surface area contributed by atoms with E-state index in [2.05, 4.69) is 15.5 Å². The average Bonchev–Trinajstić information content (AvgIpc) is 3.61. The number of rotatable bonds is 4. The Hall–Kier alpha value is -4.08. The van der Waals surface area contributed by atoms with Gasteiger partial charge in [0.1, 0.15) is 11.9 Å². The summed E-state index contributed by atoms with van der Waals surface area (Å²) in [5, 5.41) is 10.7. The van der Waals surface area contributed by atoms with Gasteiger partial charge in [-0.1, -0.05) is 24.3 Å². The second-order valence-electron chi connectivity index (χ2n) is 10.2. The van der Waals surface area contributed by atoms with E-state index in [0.29, 0.717) is 67.5 Å². The molecule has 4 heterocycles. The van der Waals surface area contributed by atoms with Crippen LogP contribution < -0.4 is 10.9 Å². The number of carbonyl (C=O) groups is 3. The van der Waals surface area contributed by atoms with Crippen LogP contribution in [0.25, 0.3) is 10.8 Å². The molecule has 0 saturated carbocycles. The number of benzene rings is 2. The summed E-state index contributed by atoms with van der Waals surface area (Å²) < 4.78 is 14.8. The number of nitrogens with zero attached hydrogens (tertiary/aromatic N) is 3. The van der Waals surface area contributed by atoms with Crippen LogP contribution in [-0.4, -0.2) is 69.9 Å². The van der Waals surface area contributed by atoms with Crippen LogP contribution in [0.3, 0.4) is 0 Å². The van der Waals surface area contributed by atoms with E-state index in [1.165, 1.54) is 6.07 Å². The van der Waals surface area contributed by atoms with Crippen molar-refractivity contribution in [1.29, 1.82) is 0 Å². The van der Waals surface area contributed by atoms with Crippen molar-refractivity contribution in [3.63, 3.8) is 0 Å². The van der Waals surface area contributed by atoms with Crippen molar-refractivity contribution in [2.75, 3.05) is 26.2 Å². The van der Waals surface area contributed by atoms with Gasteiger partial charge in [0, 0.05) is 56.2 Å². The number of fused-ring (bicyclic) bond motifs is 2. The van der Waals surface area contributed by atoms with Crippen molar-refractivity contribution < 1.29 is 18.8 Å². The molecular formula is C27H26FN5O4. The Morgan fingerprint density at radius 3 is 2.38 bits per heavy atom. The number of carbonyl (C=O) groups excluding carboxylic acids is 3. The van der Waals surface area contributed by atoms with E-state index in [4.69, 9.17) is 0 Å². The molecule has 3 aliphatic rings. The highest BCUT2D eigenvalue weighted by Crippen LogP contribution is 2.33. The molecule has 3 aliphatic heterocycles. The highest BCUT2D eigenvalue weighted by molar-refractivity contribution is 5.95. The molecule has 3 unspecified atom stereocenters. The molecule has 3 amide bonds. The number of hydrogen-bond donors (Lipinski definition) is 2. The van der Waals surface area contributed by atoms with E-state index in [0.717, 1.165) is 0 Å². The molecular weight excluding hydrogens is 477 g/mol. The molecule has 2 N–H and O–H groups in total. The Morgan fingerprint density at radius 1 is 0.973 bits per heavy atom. The maximum absolute atomic E-state index is 14.8. The van der Waals surface area contributed by atoms with E-state index < -0.39 is 11.9 Å². The fraction of sp³-hybridized carbons (Fsp3) is 0.370. The first kappa shape index (κ1) is 23.3. The van der Waals surface area contributed by atoms with Gasteiger partial charge < -0.3 is 15.1 Å². The molecule has 0 aliphatic carbocycles. The molecule has 2 aromatic carbocycles. The van der Waals surface area contributed by atoms with Gasteiger partial charge in [-0.15, -0.1) is 0 Å². The first-order valence-electron chi connectivity index (χ1n) is 12.5. The summed E-state index contributed by atoms with van der Waals surface area (Å²) >= 11 is 0. The molecule has 0 bridgehead atoms. The third-order valence-corrected chi connectivity index (χ3v) is 7.79. The lowest BCUT2D eigenvalue weighted by Crippen LogP contribution is -2.44. The summed E-state index contributed by atoms with van der Waals surface area (Å²) in [6, 6.07) is 11.2. The molecule has 3 aromatic rings. The lowest BCUT2D eigenvalue weighted by Gasteiger charge is -2.24. The largest absolute Gasteiger partial charge is 0.344 e. The molecule has 6 rings (SSSR count). The van der Waals surface area contributed by atoms with Crippen molar-refractivity contribution in [3.8, 4) is 0 Å². The number of halogens is 1. The maximum Gasteiger partial charge on any atom is 0.272 e. The first-order valence-corrected chi connectivity index (χ1v) is 12.5. The molecule has 3 saturated heterocycles. The van der Waals surface area contributed by atoms with Crippen LogP contribution >= 0.6 is 0 Å². The number of hydrogen-bond acceptors (Lipinski definition) is 5. The molecule has 3 fully saturated rings. The topological polar surface area (TPSA) is 115 Å². The van der Waals surface area contributed by atoms with Crippen LogP contribution in [0, 0.1) is 17.7 Å². The second-order valence-corrected chi connectivity index (χ2v) is 10.2. The number of aromatic amines is 1. The molecule has 190 valence electrons. The minimum absolute atomic E-state index is 0.00723. The van der Waals surface area contributed by atoms with Crippen LogP contribution in [-0.2, 0) is 16.0 Å². The van der Waals surface area contributed by atoms with Gasteiger partial charge >= 0.3 is 0 Å². The number of likely N-dealkylation sites (tertiary alicyclic amines) is 2. The summed E-state index contributed by atoms with van der Waals surface area (Å²) in [6.07, 6.45) is 1.23. The third-order valence-electron chi connectivity index (χ3n) is 7.79. The smallest absolute Gasteiger partial charge is 0.272 e. The van der Waals surface area contributed by atoms with Crippen LogP contribution in [0.1, 0.15) is 34.5 Å². The van der Waals surface area contributed by atoms with Crippen molar-refractivity contribution in [1.82, 2.24) is 25.3 Å². The SMILES string of the molecule is O=C1CCC(C(=O)N2CC3CN(C(=O)c4cc(Cc5n[nH]c(=O)c6ccccc56)ccc4F)CC3C2)N1. The van der Waals surface area contributed by atoms with E-state index >= 15 is 0 Å². The number of nitrogens with one attached hydrogen (secondary N) is 2. The fourth-order valence-corrected chi connectivity index (χ4v) is 5.87. The zero-order valence-electron chi connectivity index (χ0n) is 20.1. The number of H-pyrrole nitrogens is 1. The van der Waals surface area contributed by atoms with Crippen molar-refractivity contribution in [3.05, 3.63) is 75.5 Å². The normalized spacial score (nSPS) is 22.9. The summed E-state index contributed by atoms with van der Waals surface area (Å²) in [5.74, 6) is -0.836. The van der Waals surface area contributed by atoms with Crippen molar-refractivity contribution in [2.24, 2.45) is 11.8 Å². The zero-order chi connectivity index (χ0) is 25.7. The predicted molar refractivity (Wildman–Crippen MR) is 132 cm³/mol. The van der Waals surface area contributed by atoms with Gasteiger partial charge in [-0.05, 0) is 30.2 Å². The summed E-state index contributed by atoms with van der Waals surface area (Å²) in [7, 11) is 0. The van der Waals surface area contributed by atoms with E-state index in [1.807, 2.05) is 12.1 Å². The van der Waals surface area contributed by atoms with E-state index in [1.54, 1.807) is 34.1 Å². The van der Waals surface area contributed by atoms with Crippen LogP contribution in [0.15, 0.2) is 47.3 Å². The Bertz CT molecular complexity index is 1470. The predicted octanol–water partition coefficient (Wildman–Crippen LogP) is 1.46. The van der Waals surface area contributed by atoms with Crippen molar-refractivity contribution in [2.45, 2.75) is 25.3 Å². The molecule has 37 heavy (non-hydrogen) atoms. The van der Waals surface area contributed by atoms with E-state index in [9.17, 15) is 23.6 Å². The van der Waals surface area contributed by atoms with Crippen molar-refractivity contribution >= 4 is 28.5 Å². The summed E-state index contributed by atoms with van der Waals surface area (Å²) in [6.45, 7) is 1.99. The number of aromatic nitrogens is 2. The molecule has 10 heteroatoms. The lowest BCUT2D eigenvalue weighted by atomic mass is 10.0. The van der Waals surface area contributed by atoms with Gasteiger partial charge in [-0.25, -0.2) is 9.49 Å². The van der Waals surface area contributed by atoms with Crippen LogP contribution in [0.5, 0.6) is 0 Å². The first-order chi connectivity index (χ1) is 17.9. The molecule has 9 nitrogen and oxygen atoms in total. The van der Waals surface area contributed by atoms with Gasteiger partial charge in [0.05, 0.1) is 16.6 Å². The molecule has 0 radical (unpaired) electrons. The van der Waals surface area contributed by atoms with Crippen LogP contribution in [0.4, 0.5) is 4.39 Å². The number of amides is 3. The monoisotopic (exact) mass is 503 g/mol. The van der Waals surface area contributed by atoms with Gasteiger partial charge in [0.2, 0.25) is 11.8 Å². The van der Waals surface area contributed by atoms with E-state index in [-0.39, 0.29) is 40.7 Å². The summed E-state index contributed by atoms with van der Waals surface area (Å²) in [5.41, 5.74) is 1.08. The minimum Gasteiger partial charge on any atom is -0.344 e. The minimum atomic E-state index is -0.584. The average molecular weight is 504 g/mol. The summed E-state index contributed by atoms with van der Waals surface area (Å²) in [4.78, 5) is 53.1. The quantitative estimate of drug-likeness (QED) is 0.560. The molecule has 3 atom stereocenters. The maximum atomic E-state index is 14.8. The Balaban J connectivity index is 1.15.